The molecule has 3 atom stereocenters. The van der Waals surface area contributed by atoms with Gasteiger partial charge >= 0.3 is 0 Å². The van der Waals surface area contributed by atoms with Gasteiger partial charge in [0, 0.05) is 0 Å². The molecule has 0 aromatic rings. The summed E-state index contributed by atoms with van der Waals surface area (Å²) in [5.41, 5.74) is 0. The molecule has 0 saturated carbocycles. The van der Waals surface area contributed by atoms with E-state index in [0.29, 0.717) is 12.8 Å². The Labute approximate surface area is 237 Å². The minimum atomic E-state index is -1.06. The van der Waals surface area contributed by atoms with Gasteiger partial charge < -0.3 is 15.3 Å². The maximum atomic E-state index is 12.6. The van der Waals surface area contributed by atoms with Gasteiger partial charge in [-0.25, -0.2) is 0 Å². The molecule has 0 aliphatic carbocycles. The molecule has 1 unspecified atom stereocenters. The normalized spacial score (nSPS) is 14.0. The average molecular weight is 541 g/mol. The Morgan fingerprint density at radius 2 is 0.763 bits per heavy atom. The second-order valence-electron chi connectivity index (χ2n) is 12.0. The molecule has 0 aromatic heterocycles. The van der Waals surface area contributed by atoms with Crippen LogP contribution in [0.2, 0.25) is 0 Å². The topological polar surface area (TPSA) is 77.8 Å². The zero-order chi connectivity index (χ0) is 28.1. The van der Waals surface area contributed by atoms with Crippen LogP contribution in [0.3, 0.4) is 0 Å². The van der Waals surface area contributed by atoms with Crippen molar-refractivity contribution in [3.8, 4) is 0 Å². The lowest BCUT2D eigenvalue weighted by molar-refractivity contribution is -0.137. The summed E-state index contributed by atoms with van der Waals surface area (Å²) in [5.74, 6) is -1.22. The van der Waals surface area contributed by atoms with E-state index in [1.807, 2.05) is 0 Å². The van der Waals surface area contributed by atoms with Crippen molar-refractivity contribution >= 4 is 5.78 Å². The summed E-state index contributed by atoms with van der Waals surface area (Å²) in [5, 5.41) is 30.5. The molecule has 0 aromatic carbocycles. The van der Waals surface area contributed by atoms with Gasteiger partial charge in [-0.3, -0.25) is 4.79 Å². The fourth-order valence-corrected chi connectivity index (χ4v) is 5.54. The number of rotatable bonds is 31. The van der Waals surface area contributed by atoms with Gasteiger partial charge in [-0.05, 0) is 12.8 Å². The van der Waals surface area contributed by atoms with Gasteiger partial charge in [0.15, 0.2) is 5.78 Å². The first-order valence-electron chi connectivity index (χ1n) is 17.1. The van der Waals surface area contributed by atoms with Gasteiger partial charge in [0.25, 0.3) is 0 Å². The third kappa shape index (κ3) is 23.4. The van der Waals surface area contributed by atoms with E-state index in [2.05, 4.69) is 13.8 Å². The molecule has 3 N–H and O–H groups in total. The average Bonchev–Trinajstić information content (AvgIpc) is 2.92. The van der Waals surface area contributed by atoms with E-state index in [0.717, 1.165) is 32.1 Å². The molecular formula is C34H68O4. The van der Waals surface area contributed by atoms with E-state index >= 15 is 0 Å². The molecule has 0 bridgehead atoms. The largest absolute Gasteiger partial charge is 0.396 e. The van der Waals surface area contributed by atoms with Gasteiger partial charge in [0.1, 0.15) is 6.10 Å². The van der Waals surface area contributed by atoms with E-state index in [1.165, 1.54) is 128 Å². The lowest BCUT2D eigenvalue weighted by atomic mass is 9.89. The SMILES string of the molecule is CCCCCCCCCCCCCCC[C@@H](O)[C@H](CO)C(=O)C(O)CCCCCCCCCCCCCC. The molecule has 0 aliphatic rings. The van der Waals surface area contributed by atoms with Crippen LogP contribution in [-0.4, -0.2) is 39.9 Å². The maximum absolute atomic E-state index is 12.6. The minimum absolute atomic E-state index is 0.377. The highest BCUT2D eigenvalue weighted by molar-refractivity contribution is 5.85. The second kappa shape index (κ2) is 29.5. The van der Waals surface area contributed by atoms with Crippen LogP contribution in [0, 0.1) is 5.92 Å². The molecular weight excluding hydrogens is 472 g/mol. The predicted octanol–water partition coefficient (Wildman–Crippen LogP) is 9.46. The minimum Gasteiger partial charge on any atom is -0.396 e. The standard InChI is InChI=1S/C34H68O4/c1-3-5-7-9-11-13-15-17-19-20-22-24-26-28-32(36)31(30-35)34(38)33(37)29-27-25-23-21-18-16-14-12-10-8-6-4-2/h31-33,35-37H,3-30H2,1-2H3/t31-,32+,33?/m0/s1. The van der Waals surface area contributed by atoms with Crippen LogP contribution >= 0.6 is 0 Å². The van der Waals surface area contributed by atoms with Gasteiger partial charge in [-0.2, -0.15) is 0 Å². The molecule has 38 heavy (non-hydrogen) atoms. The van der Waals surface area contributed by atoms with Crippen LogP contribution in [0.25, 0.3) is 0 Å². The van der Waals surface area contributed by atoms with E-state index in [-0.39, 0.29) is 12.4 Å². The molecule has 0 heterocycles. The van der Waals surface area contributed by atoms with Gasteiger partial charge in [-0.15, -0.1) is 0 Å². The Kier molecular flexibility index (Phi) is 29.2. The van der Waals surface area contributed by atoms with Crippen molar-refractivity contribution in [2.24, 2.45) is 5.92 Å². The Bertz CT molecular complexity index is 481. The summed E-state index contributed by atoms with van der Waals surface area (Å²) in [4.78, 5) is 12.6. The first kappa shape index (κ1) is 37.6. The van der Waals surface area contributed by atoms with Crippen LogP contribution < -0.4 is 0 Å². The van der Waals surface area contributed by atoms with Crippen LogP contribution in [-0.2, 0) is 4.79 Å². The fraction of sp³-hybridized carbons (Fsp3) is 0.971. The van der Waals surface area contributed by atoms with Gasteiger partial charge in [0.05, 0.1) is 18.6 Å². The first-order chi connectivity index (χ1) is 18.6. The highest BCUT2D eigenvalue weighted by atomic mass is 16.3. The highest BCUT2D eigenvalue weighted by Gasteiger charge is 2.30. The van der Waals surface area contributed by atoms with E-state index in [4.69, 9.17) is 0 Å². The second-order valence-corrected chi connectivity index (χ2v) is 12.0. The van der Waals surface area contributed by atoms with E-state index in [1.54, 1.807) is 0 Å². The molecule has 0 spiro atoms. The first-order valence-corrected chi connectivity index (χ1v) is 17.1. The van der Waals surface area contributed by atoms with E-state index in [9.17, 15) is 20.1 Å². The van der Waals surface area contributed by atoms with Crippen molar-refractivity contribution < 1.29 is 20.1 Å². The zero-order valence-corrected chi connectivity index (χ0v) is 25.8. The third-order valence-electron chi connectivity index (χ3n) is 8.29. The summed E-state index contributed by atoms with van der Waals surface area (Å²) in [6.45, 7) is 4.13. The monoisotopic (exact) mass is 541 g/mol. The Morgan fingerprint density at radius 1 is 0.474 bits per heavy atom. The number of hydrogen-bond donors (Lipinski definition) is 3. The molecule has 4 nitrogen and oxygen atoms in total. The number of carbonyl (C=O) groups is 1. The molecule has 0 aliphatic heterocycles. The van der Waals surface area contributed by atoms with E-state index < -0.39 is 18.1 Å². The zero-order valence-electron chi connectivity index (χ0n) is 25.8. The third-order valence-corrected chi connectivity index (χ3v) is 8.29. The van der Waals surface area contributed by atoms with Crippen molar-refractivity contribution in [1.29, 1.82) is 0 Å². The van der Waals surface area contributed by atoms with Crippen LogP contribution in [0.15, 0.2) is 0 Å². The summed E-state index contributed by atoms with van der Waals surface area (Å²) in [6, 6.07) is 0. The Balaban J connectivity index is 3.71. The lowest BCUT2D eigenvalue weighted by Crippen LogP contribution is -2.38. The Hall–Kier alpha value is -0.450. The van der Waals surface area contributed by atoms with Crippen molar-refractivity contribution in [2.75, 3.05) is 6.61 Å². The summed E-state index contributed by atoms with van der Waals surface area (Å²) in [6.07, 6.45) is 30.6. The number of aliphatic hydroxyl groups is 3. The molecule has 0 saturated heterocycles. The number of carbonyl (C=O) groups excluding carboxylic acids is 1. The maximum Gasteiger partial charge on any atom is 0.169 e. The van der Waals surface area contributed by atoms with Gasteiger partial charge in [-0.1, -0.05) is 174 Å². The van der Waals surface area contributed by atoms with Crippen molar-refractivity contribution in [1.82, 2.24) is 0 Å². The Morgan fingerprint density at radius 3 is 1.08 bits per heavy atom. The van der Waals surface area contributed by atoms with Crippen LogP contribution in [0.1, 0.15) is 187 Å². The number of hydrogen-bond acceptors (Lipinski definition) is 4. The van der Waals surface area contributed by atoms with Crippen molar-refractivity contribution in [3.63, 3.8) is 0 Å². The molecule has 0 fully saturated rings. The summed E-state index contributed by atoms with van der Waals surface area (Å²) < 4.78 is 0. The fourth-order valence-electron chi connectivity index (χ4n) is 5.54. The highest BCUT2D eigenvalue weighted by Crippen LogP contribution is 2.19. The van der Waals surface area contributed by atoms with Crippen molar-refractivity contribution in [2.45, 2.75) is 199 Å². The van der Waals surface area contributed by atoms with Crippen LogP contribution in [0.5, 0.6) is 0 Å². The molecule has 228 valence electrons. The molecule has 4 heteroatoms. The van der Waals surface area contributed by atoms with Crippen molar-refractivity contribution in [3.05, 3.63) is 0 Å². The van der Waals surface area contributed by atoms with Crippen LogP contribution in [0.4, 0.5) is 0 Å². The summed E-state index contributed by atoms with van der Waals surface area (Å²) in [7, 11) is 0. The molecule has 0 amide bonds. The predicted molar refractivity (Wildman–Crippen MR) is 164 cm³/mol. The summed E-state index contributed by atoms with van der Waals surface area (Å²) >= 11 is 0. The number of aliphatic hydroxyl groups excluding tert-OH is 3. The number of Topliss-reactive ketones (excluding diaryl/α,β-unsaturated/α-hetero) is 1. The number of ketones is 1. The number of unbranched alkanes of at least 4 members (excludes halogenated alkanes) is 23. The quantitative estimate of drug-likeness (QED) is 0.0765. The molecule has 0 radical (unpaired) electrons. The molecule has 0 rings (SSSR count). The lowest BCUT2D eigenvalue weighted by Gasteiger charge is -2.22. The van der Waals surface area contributed by atoms with Gasteiger partial charge in [0.2, 0.25) is 0 Å². The smallest absolute Gasteiger partial charge is 0.169 e.